The molecule has 4 bridgehead atoms. The highest BCUT2D eigenvalue weighted by molar-refractivity contribution is 5.82. The number of imidazole rings is 1. The van der Waals surface area contributed by atoms with Crippen LogP contribution in [-0.4, -0.2) is 50.2 Å². The number of rotatable bonds is 0. The minimum absolute atomic E-state index is 0.0659. The van der Waals surface area contributed by atoms with Crippen LogP contribution in [0.25, 0.3) is 11.2 Å². The molecule has 0 saturated carbocycles. The standard InChI is InChI=1S/C16H17N7O4.2C2H6/c17-13-12-14-22-15(21-13)26-6-2-5-18-10(24)8-27-11-4-1-3-9(19-11)7-23(14)16(25)20-12;2*1-2/h1,3-4H,2,5-8H2,(H,18,24)(H,20,25)(H2,17,21,22);2*1-2H3. The number of hydrogen-bond donors (Lipinski definition) is 3. The molecule has 0 fully saturated rings. The van der Waals surface area contributed by atoms with Crippen molar-refractivity contribution in [2.45, 2.75) is 40.7 Å². The number of pyridine rings is 1. The molecule has 31 heavy (non-hydrogen) atoms. The summed E-state index contributed by atoms with van der Waals surface area (Å²) in [5.74, 6) is 0.145. The van der Waals surface area contributed by atoms with Gasteiger partial charge in [0.15, 0.2) is 18.1 Å². The molecule has 4 heterocycles. The van der Waals surface area contributed by atoms with Gasteiger partial charge in [-0.3, -0.25) is 9.36 Å². The van der Waals surface area contributed by atoms with Crippen LogP contribution in [0.2, 0.25) is 0 Å². The Morgan fingerprint density at radius 3 is 2.61 bits per heavy atom. The van der Waals surface area contributed by atoms with Crippen LogP contribution in [0.5, 0.6) is 11.9 Å². The molecule has 4 rings (SSSR count). The lowest BCUT2D eigenvalue weighted by Crippen LogP contribution is -2.30. The molecule has 3 aromatic rings. The summed E-state index contributed by atoms with van der Waals surface area (Å²) in [4.78, 5) is 39.5. The van der Waals surface area contributed by atoms with Crippen LogP contribution in [0.3, 0.4) is 0 Å². The minimum atomic E-state index is -0.392. The first-order valence-corrected chi connectivity index (χ1v) is 10.3. The van der Waals surface area contributed by atoms with E-state index in [2.05, 4.69) is 25.3 Å². The van der Waals surface area contributed by atoms with Gasteiger partial charge >= 0.3 is 11.7 Å². The molecule has 3 aromatic heterocycles. The zero-order valence-corrected chi connectivity index (χ0v) is 18.3. The number of anilines is 1. The van der Waals surface area contributed by atoms with E-state index in [0.29, 0.717) is 35.7 Å². The van der Waals surface area contributed by atoms with E-state index in [1.165, 1.54) is 4.57 Å². The second kappa shape index (κ2) is 11.5. The molecule has 11 nitrogen and oxygen atoms in total. The van der Waals surface area contributed by atoms with Gasteiger partial charge in [-0.15, -0.1) is 0 Å². The zero-order chi connectivity index (χ0) is 22.8. The van der Waals surface area contributed by atoms with E-state index in [-0.39, 0.29) is 37.5 Å². The number of ether oxygens (including phenoxy) is 2. The number of nitrogen functional groups attached to an aromatic ring is 1. The van der Waals surface area contributed by atoms with Crippen molar-refractivity contribution in [2.24, 2.45) is 0 Å². The van der Waals surface area contributed by atoms with Crippen molar-refractivity contribution in [1.82, 2.24) is 29.8 Å². The third kappa shape index (κ3) is 5.93. The maximum absolute atomic E-state index is 12.4. The maximum atomic E-state index is 12.4. The number of aromatic amines is 1. The number of fused-ring (bicyclic) bond motifs is 3. The fourth-order valence-corrected chi connectivity index (χ4v) is 2.68. The number of nitrogens with one attached hydrogen (secondary N) is 2. The SMILES string of the molecule is CC.CC.Nc1nc2nc3c1[nH]c(=O)n3Cc1cccc(n1)OCC(=O)NCCCO2. The van der Waals surface area contributed by atoms with Gasteiger partial charge in [-0.1, -0.05) is 33.8 Å². The summed E-state index contributed by atoms with van der Waals surface area (Å²) in [5, 5.41) is 2.72. The molecule has 0 aliphatic carbocycles. The van der Waals surface area contributed by atoms with E-state index in [0.717, 1.165) is 0 Å². The van der Waals surface area contributed by atoms with Gasteiger partial charge in [0.2, 0.25) is 5.88 Å². The molecule has 1 aliphatic heterocycles. The highest BCUT2D eigenvalue weighted by Gasteiger charge is 2.16. The molecule has 4 N–H and O–H groups in total. The Labute approximate surface area is 180 Å². The van der Waals surface area contributed by atoms with Gasteiger partial charge in [0, 0.05) is 12.6 Å². The molecule has 168 valence electrons. The van der Waals surface area contributed by atoms with Crippen molar-refractivity contribution in [2.75, 3.05) is 25.5 Å². The quantitative estimate of drug-likeness (QED) is 0.484. The first-order valence-electron chi connectivity index (χ1n) is 10.3. The number of hydrogen-bond acceptors (Lipinski definition) is 8. The van der Waals surface area contributed by atoms with Crippen molar-refractivity contribution in [3.05, 3.63) is 34.4 Å². The fourth-order valence-electron chi connectivity index (χ4n) is 2.68. The normalized spacial score (nSPS) is 13.6. The lowest BCUT2D eigenvalue weighted by Gasteiger charge is -2.10. The lowest BCUT2D eigenvalue weighted by atomic mass is 10.3. The van der Waals surface area contributed by atoms with Gasteiger partial charge < -0.3 is 25.5 Å². The number of amides is 1. The molecule has 0 atom stereocenters. The minimum Gasteiger partial charge on any atom is -0.468 e. The monoisotopic (exact) mass is 431 g/mol. The Kier molecular flexibility index (Phi) is 8.79. The van der Waals surface area contributed by atoms with Crippen molar-refractivity contribution in [3.8, 4) is 11.9 Å². The van der Waals surface area contributed by atoms with Crippen LogP contribution in [0, 0.1) is 0 Å². The number of carbonyl (C=O) groups is 1. The topological polar surface area (TPSA) is 150 Å². The van der Waals surface area contributed by atoms with E-state index < -0.39 is 5.69 Å². The predicted octanol–water partition coefficient (Wildman–Crippen LogP) is 1.48. The highest BCUT2D eigenvalue weighted by atomic mass is 16.5. The zero-order valence-electron chi connectivity index (χ0n) is 18.3. The smallest absolute Gasteiger partial charge is 0.328 e. The second-order valence-electron chi connectivity index (χ2n) is 5.91. The van der Waals surface area contributed by atoms with E-state index in [4.69, 9.17) is 15.2 Å². The van der Waals surface area contributed by atoms with Crippen LogP contribution in [0.1, 0.15) is 39.8 Å². The average Bonchev–Trinajstić information content (AvgIpc) is 3.10. The van der Waals surface area contributed by atoms with Gasteiger partial charge in [-0.25, -0.2) is 9.78 Å². The van der Waals surface area contributed by atoms with E-state index in [1.807, 2.05) is 27.7 Å². The summed E-state index contributed by atoms with van der Waals surface area (Å²) in [6.07, 6.45) is 0.542. The third-order valence-corrected chi connectivity index (χ3v) is 3.96. The molecular weight excluding hydrogens is 402 g/mol. The van der Waals surface area contributed by atoms with E-state index >= 15 is 0 Å². The Bertz CT molecular complexity index is 1060. The first-order chi connectivity index (χ1) is 15.1. The number of carbonyl (C=O) groups excluding carboxylic acids is 1. The molecule has 0 unspecified atom stereocenters. The van der Waals surface area contributed by atoms with Gasteiger partial charge in [0.25, 0.3) is 5.91 Å². The van der Waals surface area contributed by atoms with Gasteiger partial charge in [-0.2, -0.15) is 9.97 Å². The second-order valence-corrected chi connectivity index (χ2v) is 5.91. The Morgan fingerprint density at radius 1 is 1.06 bits per heavy atom. The molecular formula is C20H29N7O4. The molecule has 0 saturated heterocycles. The summed E-state index contributed by atoms with van der Waals surface area (Å²) in [5.41, 5.74) is 6.77. The number of nitrogens with two attached hydrogens (primary N) is 1. The summed E-state index contributed by atoms with van der Waals surface area (Å²) in [6, 6.07) is 5.18. The summed E-state index contributed by atoms with van der Waals surface area (Å²) in [6.45, 7) is 8.67. The molecule has 0 radical (unpaired) electrons. The Balaban J connectivity index is 0.000000807. The molecule has 0 spiro atoms. The lowest BCUT2D eigenvalue weighted by molar-refractivity contribution is -0.123. The van der Waals surface area contributed by atoms with Crippen LogP contribution in [-0.2, 0) is 11.3 Å². The van der Waals surface area contributed by atoms with Crippen molar-refractivity contribution < 1.29 is 14.3 Å². The van der Waals surface area contributed by atoms with Crippen molar-refractivity contribution in [3.63, 3.8) is 0 Å². The van der Waals surface area contributed by atoms with Crippen molar-refractivity contribution in [1.29, 1.82) is 0 Å². The fraction of sp³-hybridized carbons (Fsp3) is 0.450. The molecule has 1 amide bonds. The number of H-pyrrole nitrogens is 1. The summed E-state index contributed by atoms with van der Waals surface area (Å²) in [7, 11) is 0. The molecule has 0 aromatic carbocycles. The Morgan fingerprint density at radius 2 is 1.84 bits per heavy atom. The van der Waals surface area contributed by atoms with Gasteiger partial charge in [0.1, 0.15) is 5.52 Å². The predicted molar refractivity (Wildman–Crippen MR) is 117 cm³/mol. The molecule has 1 aliphatic rings. The Hall–Kier alpha value is -3.63. The van der Waals surface area contributed by atoms with Gasteiger partial charge in [0.05, 0.1) is 18.8 Å². The average molecular weight is 431 g/mol. The summed E-state index contributed by atoms with van der Waals surface area (Å²) >= 11 is 0. The van der Waals surface area contributed by atoms with E-state index in [9.17, 15) is 9.59 Å². The highest BCUT2D eigenvalue weighted by Crippen LogP contribution is 2.19. The van der Waals surface area contributed by atoms with E-state index in [1.54, 1.807) is 18.2 Å². The number of aromatic nitrogens is 5. The summed E-state index contributed by atoms with van der Waals surface area (Å²) < 4.78 is 12.3. The molecule has 11 heteroatoms. The largest absolute Gasteiger partial charge is 0.468 e. The van der Waals surface area contributed by atoms with Crippen LogP contribution >= 0.6 is 0 Å². The number of nitrogens with zero attached hydrogens (tertiary/aromatic N) is 4. The van der Waals surface area contributed by atoms with Crippen LogP contribution < -0.4 is 26.2 Å². The maximum Gasteiger partial charge on any atom is 0.328 e. The van der Waals surface area contributed by atoms with Crippen molar-refractivity contribution >= 4 is 22.9 Å². The van der Waals surface area contributed by atoms with Crippen LogP contribution in [0.4, 0.5) is 5.82 Å². The van der Waals surface area contributed by atoms with Crippen LogP contribution in [0.15, 0.2) is 23.0 Å². The van der Waals surface area contributed by atoms with Gasteiger partial charge in [-0.05, 0) is 12.5 Å². The first kappa shape index (κ1) is 23.6. The third-order valence-electron chi connectivity index (χ3n) is 3.96.